The minimum atomic E-state index is -2.22. The van der Waals surface area contributed by atoms with Crippen LogP contribution in [0.15, 0.2) is 91.0 Å². The molecule has 4 aromatic carbocycles. The molecule has 4 rings (SSSR count). The monoisotopic (exact) mass is 728 g/mol. The van der Waals surface area contributed by atoms with Crippen LogP contribution in [0.2, 0.25) is 0 Å². The van der Waals surface area contributed by atoms with Gasteiger partial charge in [0, 0.05) is 0 Å². The average Bonchev–Trinajstić information content (AvgIpc) is 3.13. The van der Waals surface area contributed by atoms with Gasteiger partial charge in [-0.15, -0.1) is 0 Å². The van der Waals surface area contributed by atoms with Crippen LogP contribution in [0.3, 0.4) is 0 Å². The number of carbonyl (C=O) groups excluding carboxylic acids is 2. The normalized spacial score (nSPS) is 13.0. The zero-order valence-electron chi connectivity index (χ0n) is 29.7. The van der Waals surface area contributed by atoms with Crippen molar-refractivity contribution in [1.82, 2.24) is 4.90 Å². The number of nitriles is 1. The average molecular weight is 729 g/mol. The zero-order chi connectivity index (χ0) is 39.3. The second kappa shape index (κ2) is 19.1. The van der Waals surface area contributed by atoms with Gasteiger partial charge in [0.25, 0.3) is 0 Å². The maximum absolute atomic E-state index is 13.3. The summed E-state index contributed by atoms with van der Waals surface area (Å²) in [5.41, 5.74) is 2.44. The van der Waals surface area contributed by atoms with Crippen molar-refractivity contribution in [3.05, 3.63) is 141 Å². The molecule has 0 amide bonds. The second-order valence-electron chi connectivity index (χ2n) is 12.5. The predicted molar refractivity (Wildman–Crippen MR) is 190 cm³/mol. The molecule has 0 fully saturated rings. The van der Waals surface area contributed by atoms with Crippen LogP contribution in [0.1, 0.15) is 66.9 Å². The summed E-state index contributed by atoms with van der Waals surface area (Å²) in [6.45, 7) is 4.08. The standard InChI is InChI=1S/C20H23FN2O2.C20H18O8/c1-23(2)11-3-10-20(25,17-5-7-18(21)8-6-17)19-9-4-15(13-22)12-16(19)14-24;1-11-3-7-13(8-4-11)19(25)27-15(17(21)22)16(18(23)24)28-20(26)14-9-5-12(2)6-10-14/h4-9,12,24-25H,3,10-11,14H2,1-2H3;3-10,15-16H,1-2H3,(H,21,22)(H,23,24). The number of halogens is 1. The number of aliphatic hydroxyl groups excluding tert-OH is 1. The lowest BCUT2D eigenvalue weighted by Gasteiger charge is -2.32. The second-order valence-corrected chi connectivity index (χ2v) is 12.5. The Balaban J connectivity index is 0.000000287. The van der Waals surface area contributed by atoms with Crippen LogP contribution in [-0.2, 0) is 31.3 Å². The van der Waals surface area contributed by atoms with Crippen molar-refractivity contribution in [3.63, 3.8) is 0 Å². The lowest BCUT2D eigenvalue weighted by Crippen LogP contribution is -2.45. The third-order valence-corrected chi connectivity index (χ3v) is 8.12. The van der Waals surface area contributed by atoms with Gasteiger partial charge < -0.3 is 34.8 Å². The van der Waals surface area contributed by atoms with Gasteiger partial charge in [0.05, 0.1) is 29.4 Å². The van der Waals surface area contributed by atoms with Crippen LogP contribution in [0.5, 0.6) is 0 Å². The Bertz CT molecular complexity index is 1850. The molecule has 4 N–H and O–H groups in total. The molecule has 0 bridgehead atoms. The third-order valence-electron chi connectivity index (χ3n) is 8.12. The van der Waals surface area contributed by atoms with E-state index in [0.717, 1.165) is 17.7 Å². The molecule has 0 heterocycles. The number of aryl methyl sites for hydroxylation is 2. The first-order chi connectivity index (χ1) is 25.1. The maximum Gasteiger partial charge on any atom is 0.349 e. The van der Waals surface area contributed by atoms with Crippen molar-refractivity contribution < 1.29 is 53.5 Å². The molecule has 0 saturated carbocycles. The van der Waals surface area contributed by atoms with Gasteiger partial charge in [-0.3, -0.25) is 0 Å². The molecule has 0 aliphatic heterocycles. The summed E-state index contributed by atoms with van der Waals surface area (Å²) in [4.78, 5) is 49.4. The van der Waals surface area contributed by atoms with Gasteiger partial charge in [-0.2, -0.15) is 5.26 Å². The van der Waals surface area contributed by atoms with Crippen LogP contribution < -0.4 is 0 Å². The van der Waals surface area contributed by atoms with Gasteiger partial charge in [0.1, 0.15) is 11.4 Å². The molecule has 0 aromatic heterocycles. The molecule has 0 radical (unpaired) electrons. The Morgan fingerprint density at radius 2 is 1.26 bits per heavy atom. The highest BCUT2D eigenvalue weighted by Crippen LogP contribution is 2.37. The Morgan fingerprint density at radius 3 is 1.66 bits per heavy atom. The van der Waals surface area contributed by atoms with Crippen LogP contribution in [0, 0.1) is 31.0 Å². The Kier molecular flexibility index (Phi) is 14.9. The van der Waals surface area contributed by atoms with Crippen LogP contribution in [0.25, 0.3) is 0 Å². The number of nitrogens with zero attached hydrogens (tertiary/aromatic N) is 2. The molecule has 53 heavy (non-hydrogen) atoms. The lowest BCUT2D eigenvalue weighted by molar-refractivity contribution is -0.166. The number of carboxylic acids is 2. The van der Waals surface area contributed by atoms with Gasteiger partial charge in [-0.05, 0) is 113 Å². The molecule has 0 aliphatic rings. The number of carbonyl (C=O) groups is 4. The Labute approximate surface area is 306 Å². The van der Waals surface area contributed by atoms with Gasteiger partial charge in [0.2, 0.25) is 12.2 Å². The molecule has 0 aliphatic carbocycles. The van der Waals surface area contributed by atoms with Crippen molar-refractivity contribution in [1.29, 1.82) is 5.26 Å². The topological polar surface area (TPSA) is 195 Å². The van der Waals surface area contributed by atoms with E-state index in [9.17, 15) is 44.0 Å². The first kappa shape index (κ1) is 41.5. The summed E-state index contributed by atoms with van der Waals surface area (Å²) < 4.78 is 23.0. The van der Waals surface area contributed by atoms with Crippen molar-refractivity contribution in [2.24, 2.45) is 0 Å². The molecule has 4 aromatic rings. The molecule has 3 atom stereocenters. The number of aliphatic carboxylic acids is 2. The molecular formula is C40H41FN2O10. The number of benzene rings is 4. The molecule has 3 unspecified atom stereocenters. The van der Waals surface area contributed by atoms with E-state index in [4.69, 9.17) is 14.7 Å². The number of ether oxygens (including phenoxy) is 2. The highest BCUT2D eigenvalue weighted by Gasteiger charge is 2.41. The summed E-state index contributed by atoms with van der Waals surface area (Å²) in [6.07, 6.45) is -3.32. The maximum atomic E-state index is 13.3. The van der Waals surface area contributed by atoms with Crippen molar-refractivity contribution in [2.45, 2.75) is 51.1 Å². The molecule has 13 heteroatoms. The highest BCUT2D eigenvalue weighted by molar-refractivity contribution is 5.95. The Morgan fingerprint density at radius 1 is 0.792 bits per heavy atom. The minimum Gasteiger partial charge on any atom is -0.478 e. The number of hydrogen-bond donors (Lipinski definition) is 4. The van der Waals surface area contributed by atoms with E-state index in [1.165, 1.54) is 36.4 Å². The van der Waals surface area contributed by atoms with E-state index in [2.05, 4.69) is 0 Å². The fourth-order valence-electron chi connectivity index (χ4n) is 5.24. The van der Waals surface area contributed by atoms with E-state index in [1.807, 2.05) is 25.1 Å². The quantitative estimate of drug-likeness (QED) is 0.127. The van der Waals surface area contributed by atoms with Crippen LogP contribution >= 0.6 is 0 Å². The van der Waals surface area contributed by atoms with E-state index in [0.29, 0.717) is 35.1 Å². The third kappa shape index (κ3) is 11.5. The number of aliphatic hydroxyl groups is 2. The van der Waals surface area contributed by atoms with E-state index in [-0.39, 0.29) is 23.6 Å². The largest absolute Gasteiger partial charge is 0.478 e. The highest BCUT2D eigenvalue weighted by atomic mass is 19.1. The van der Waals surface area contributed by atoms with Gasteiger partial charge in [-0.25, -0.2) is 23.6 Å². The van der Waals surface area contributed by atoms with E-state index < -0.39 is 41.7 Å². The summed E-state index contributed by atoms with van der Waals surface area (Å²) in [5, 5.41) is 48.9. The summed E-state index contributed by atoms with van der Waals surface area (Å²) in [5.74, 6) is -5.99. The lowest BCUT2D eigenvalue weighted by atomic mass is 9.80. The van der Waals surface area contributed by atoms with Gasteiger partial charge in [0.15, 0.2) is 0 Å². The summed E-state index contributed by atoms with van der Waals surface area (Å²) in [6, 6.07) is 24.7. The number of hydrogen-bond acceptors (Lipinski definition) is 10. The molecular weight excluding hydrogens is 687 g/mol. The smallest absolute Gasteiger partial charge is 0.349 e. The first-order valence-electron chi connectivity index (χ1n) is 16.4. The number of esters is 2. The van der Waals surface area contributed by atoms with Gasteiger partial charge >= 0.3 is 23.9 Å². The van der Waals surface area contributed by atoms with Crippen LogP contribution in [-0.4, -0.2) is 82.1 Å². The van der Waals surface area contributed by atoms with E-state index in [1.54, 1.807) is 68.4 Å². The molecule has 0 spiro atoms. The van der Waals surface area contributed by atoms with Crippen molar-refractivity contribution >= 4 is 23.9 Å². The predicted octanol–water partition coefficient (Wildman–Crippen LogP) is 4.99. The fourth-order valence-corrected chi connectivity index (χ4v) is 5.24. The van der Waals surface area contributed by atoms with Crippen LogP contribution in [0.4, 0.5) is 4.39 Å². The zero-order valence-corrected chi connectivity index (χ0v) is 29.7. The molecule has 278 valence electrons. The summed E-state index contributed by atoms with van der Waals surface area (Å²) >= 11 is 0. The SMILES string of the molecule is CN(C)CCCC(O)(c1ccc(F)cc1)c1ccc(C#N)cc1CO.Cc1ccc(C(=O)OC(C(=O)O)C(OC(=O)c2ccc(C)cc2)C(=O)O)cc1. The minimum absolute atomic E-state index is 0.0332. The number of carboxylic acid groups (broad SMARTS) is 2. The van der Waals surface area contributed by atoms with Crippen molar-refractivity contribution in [3.8, 4) is 6.07 Å². The fraction of sp³-hybridized carbons (Fsp3) is 0.275. The number of rotatable bonds is 14. The van der Waals surface area contributed by atoms with E-state index >= 15 is 0 Å². The van der Waals surface area contributed by atoms with Gasteiger partial charge in [-0.1, -0.05) is 53.6 Å². The molecule has 0 saturated heterocycles. The summed E-state index contributed by atoms with van der Waals surface area (Å²) in [7, 11) is 3.91. The molecule has 12 nitrogen and oxygen atoms in total. The van der Waals surface area contributed by atoms with Crippen molar-refractivity contribution in [2.75, 3.05) is 20.6 Å². The Hall–Kier alpha value is -5.94. The first-order valence-corrected chi connectivity index (χ1v) is 16.4.